The molecule has 0 saturated heterocycles. The molecule has 8 aromatic carbocycles. The van der Waals surface area contributed by atoms with Gasteiger partial charge in [-0.25, -0.2) is 0 Å². The highest BCUT2D eigenvalue weighted by Gasteiger charge is 2.35. The van der Waals surface area contributed by atoms with Crippen LogP contribution < -0.4 is 0 Å². The molecule has 0 heterocycles. The lowest BCUT2D eigenvalue weighted by Gasteiger charge is -2.22. The van der Waals surface area contributed by atoms with Gasteiger partial charge in [0.15, 0.2) is 0 Å². The van der Waals surface area contributed by atoms with Crippen LogP contribution in [0.3, 0.4) is 0 Å². The van der Waals surface area contributed by atoms with Gasteiger partial charge in [-0.05, 0) is 119 Å². The van der Waals surface area contributed by atoms with Crippen LogP contribution in [0.2, 0.25) is 0 Å². The summed E-state index contributed by atoms with van der Waals surface area (Å²) in [6, 6.07) is 60.8. The van der Waals surface area contributed by atoms with E-state index < -0.39 is 0 Å². The quantitative estimate of drug-likeness (QED) is 0.173. The van der Waals surface area contributed by atoms with Crippen molar-refractivity contribution in [2.24, 2.45) is 0 Å². The molecule has 8 aromatic rings. The Labute approximate surface area is 283 Å². The smallest absolute Gasteiger partial charge is 0.0158 e. The van der Waals surface area contributed by atoms with Crippen molar-refractivity contribution in [3.05, 3.63) is 180 Å². The second-order valence-electron chi connectivity index (χ2n) is 13.8. The number of benzene rings is 8. The van der Waals surface area contributed by atoms with E-state index in [1.165, 1.54) is 93.9 Å². The van der Waals surface area contributed by atoms with Gasteiger partial charge >= 0.3 is 0 Å². The van der Waals surface area contributed by atoms with Gasteiger partial charge in [-0.3, -0.25) is 0 Å². The molecule has 0 nitrogen and oxygen atoms in total. The Balaban J connectivity index is 1.35. The number of rotatable bonds is 4. The predicted molar refractivity (Wildman–Crippen MR) is 205 cm³/mol. The van der Waals surface area contributed by atoms with E-state index in [1.54, 1.807) is 0 Å². The lowest BCUT2D eigenvalue weighted by Crippen LogP contribution is -2.14. The van der Waals surface area contributed by atoms with E-state index in [2.05, 4.69) is 185 Å². The summed E-state index contributed by atoms with van der Waals surface area (Å²) in [5, 5.41) is 5.12. The monoisotopic (exact) mass is 612 g/mol. The van der Waals surface area contributed by atoms with Crippen molar-refractivity contribution >= 4 is 21.5 Å². The maximum atomic E-state index is 2.45. The third kappa shape index (κ3) is 4.44. The van der Waals surface area contributed by atoms with E-state index in [4.69, 9.17) is 0 Å². The van der Waals surface area contributed by atoms with Crippen LogP contribution in [0.25, 0.3) is 77.2 Å². The molecule has 0 fully saturated rings. The second-order valence-corrected chi connectivity index (χ2v) is 13.8. The maximum Gasteiger partial charge on any atom is 0.0158 e. The zero-order chi connectivity index (χ0) is 32.4. The molecule has 0 aliphatic heterocycles. The molecule has 0 bridgehead atoms. The molecule has 0 spiro atoms. The first kappa shape index (κ1) is 28.5. The molecule has 0 N–H and O–H groups in total. The minimum Gasteiger partial charge on any atom is -0.0622 e. The average molecular weight is 613 g/mol. The number of fused-ring (bicyclic) bond motifs is 5. The lowest BCUT2D eigenvalue weighted by atomic mass is 9.81. The number of aryl methyl sites for hydroxylation is 1. The third-order valence-electron chi connectivity index (χ3n) is 10.5. The molecule has 0 saturated carbocycles. The first-order valence-corrected chi connectivity index (χ1v) is 16.9. The molecule has 0 unspecified atom stereocenters. The summed E-state index contributed by atoms with van der Waals surface area (Å²) in [4.78, 5) is 0. The normalized spacial score (nSPS) is 13.1. The molecule has 0 heteroatoms. The highest BCUT2D eigenvalue weighted by molar-refractivity contribution is 6.22. The summed E-state index contributed by atoms with van der Waals surface area (Å²) >= 11 is 0. The Bertz CT molecular complexity index is 2460. The molecule has 0 aromatic heterocycles. The van der Waals surface area contributed by atoms with Crippen LogP contribution in [0.5, 0.6) is 0 Å². The average Bonchev–Trinajstić information content (AvgIpc) is 3.36. The van der Waals surface area contributed by atoms with Gasteiger partial charge in [0.05, 0.1) is 0 Å². The Hall–Kier alpha value is -5.72. The molecule has 0 radical (unpaired) electrons. The molecule has 1 aliphatic rings. The maximum absolute atomic E-state index is 2.45. The predicted octanol–water partition coefficient (Wildman–Crippen LogP) is 13.3. The summed E-state index contributed by atoms with van der Waals surface area (Å²) in [7, 11) is 0. The van der Waals surface area contributed by atoms with E-state index in [9.17, 15) is 0 Å². The van der Waals surface area contributed by atoms with E-state index in [0.29, 0.717) is 0 Å². The second kappa shape index (κ2) is 10.9. The third-order valence-corrected chi connectivity index (χ3v) is 10.5. The molecule has 228 valence electrons. The highest BCUT2D eigenvalue weighted by atomic mass is 14.4. The van der Waals surface area contributed by atoms with Crippen molar-refractivity contribution in [1.82, 2.24) is 0 Å². The first-order chi connectivity index (χ1) is 23.5. The van der Waals surface area contributed by atoms with Crippen molar-refractivity contribution < 1.29 is 0 Å². The SMILES string of the molecule is Cc1ccc2c(-c3cc(-c4ccccc4)cc(-c4ccccc4)c3)c3ccccc3c(-c3ccc4c(c3)-c3ccccc3C4(C)C)c2c1. The highest BCUT2D eigenvalue weighted by Crippen LogP contribution is 2.51. The van der Waals surface area contributed by atoms with Crippen LogP contribution in [0.15, 0.2) is 164 Å². The molecule has 9 rings (SSSR count). The fourth-order valence-electron chi connectivity index (χ4n) is 8.16. The van der Waals surface area contributed by atoms with Gasteiger partial charge in [0.25, 0.3) is 0 Å². The molecule has 0 atom stereocenters. The molecule has 1 aliphatic carbocycles. The van der Waals surface area contributed by atoms with Crippen LogP contribution in [-0.2, 0) is 5.41 Å². The number of hydrogen-bond acceptors (Lipinski definition) is 0. The Kier molecular flexibility index (Phi) is 6.49. The molecular weight excluding hydrogens is 577 g/mol. The minimum atomic E-state index is -0.0186. The fraction of sp³-hybridized carbons (Fsp3) is 0.0833. The zero-order valence-corrected chi connectivity index (χ0v) is 27.6. The largest absolute Gasteiger partial charge is 0.0622 e. The van der Waals surface area contributed by atoms with Crippen molar-refractivity contribution in [3.8, 4) is 55.6 Å². The Morgan fingerprint density at radius 1 is 0.333 bits per heavy atom. The first-order valence-electron chi connectivity index (χ1n) is 16.9. The standard InChI is InChI=1S/C48H36/c1-31-22-24-41-43(26-31)46(34-23-25-45-42(30-34)38-18-12-13-21-44(38)48(45,2)3)39-19-10-11-20-40(39)47(41)37-28-35(32-14-6-4-7-15-32)27-36(29-37)33-16-8-5-9-17-33/h4-30H,1-3H3. The summed E-state index contributed by atoms with van der Waals surface area (Å²) < 4.78 is 0. The van der Waals surface area contributed by atoms with Crippen molar-refractivity contribution in [2.75, 3.05) is 0 Å². The molecular formula is C48H36. The van der Waals surface area contributed by atoms with Gasteiger partial charge in [0.1, 0.15) is 0 Å². The molecule has 48 heavy (non-hydrogen) atoms. The van der Waals surface area contributed by atoms with E-state index in [0.717, 1.165) is 0 Å². The van der Waals surface area contributed by atoms with Crippen LogP contribution >= 0.6 is 0 Å². The molecule has 0 amide bonds. The van der Waals surface area contributed by atoms with Crippen molar-refractivity contribution in [3.63, 3.8) is 0 Å². The summed E-state index contributed by atoms with van der Waals surface area (Å²) in [6.45, 7) is 6.92. The summed E-state index contributed by atoms with van der Waals surface area (Å²) in [5.41, 5.74) is 16.7. The zero-order valence-electron chi connectivity index (χ0n) is 27.6. The van der Waals surface area contributed by atoms with Crippen LogP contribution in [-0.4, -0.2) is 0 Å². The summed E-state index contributed by atoms with van der Waals surface area (Å²) in [6.07, 6.45) is 0. The van der Waals surface area contributed by atoms with Gasteiger partial charge in [-0.2, -0.15) is 0 Å². The van der Waals surface area contributed by atoms with Gasteiger partial charge in [0.2, 0.25) is 0 Å². The van der Waals surface area contributed by atoms with Crippen molar-refractivity contribution in [2.45, 2.75) is 26.2 Å². The fourth-order valence-corrected chi connectivity index (χ4v) is 8.16. The van der Waals surface area contributed by atoms with Gasteiger partial charge in [-0.1, -0.05) is 159 Å². The van der Waals surface area contributed by atoms with E-state index >= 15 is 0 Å². The summed E-state index contributed by atoms with van der Waals surface area (Å²) in [5.74, 6) is 0. The van der Waals surface area contributed by atoms with Gasteiger partial charge < -0.3 is 0 Å². The Morgan fingerprint density at radius 2 is 0.854 bits per heavy atom. The van der Waals surface area contributed by atoms with Gasteiger partial charge in [0, 0.05) is 5.41 Å². The minimum absolute atomic E-state index is 0.0186. The van der Waals surface area contributed by atoms with Gasteiger partial charge in [-0.15, -0.1) is 0 Å². The van der Waals surface area contributed by atoms with Crippen molar-refractivity contribution in [1.29, 1.82) is 0 Å². The number of hydrogen-bond donors (Lipinski definition) is 0. The lowest BCUT2D eigenvalue weighted by molar-refractivity contribution is 0.660. The van der Waals surface area contributed by atoms with Crippen LogP contribution in [0.1, 0.15) is 30.5 Å². The van der Waals surface area contributed by atoms with E-state index in [-0.39, 0.29) is 5.41 Å². The topological polar surface area (TPSA) is 0 Å². The van der Waals surface area contributed by atoms with Crippen LogP contribution in [0.4, 0.5) is 0 Å². The Morgan fingerprint density at radius 3 is 1.52 bits per heavy atom. The van der Waals surface area contributed by atoms with E-state index in [1.807, 2.05) is 0 Å². The van der Waals surface area contributed by atoms with Crippen LogP contribution in [0, 0.1) is 6.92 Å².